The molecule has 0 amide bonds. The third-order valence-corrected chi connectivity index (χ3v) is 10.9. The van der Waals surface area contributed by atoms with Crippen LogP contribution >= 0.6 is 7.82 Å². The topological polar surface area (TPSA) is 230 Å². The highest BCUT2D eigenvalue weighted by Gasteiger charge is 2.51. The van der Waals surface area contributed by atoms with Crippen molar-refractivity contribution in [1.82, 2.24) is 0 Å². The molecule has 0 aromatic carbocycles. The fourth-order valence-electron chi connectivity index (χ4n) is 6.06. The maximum atomic E-state index is 12.8. The van der Waals surface area contributed by atoms with E-state index in [0.29, 0.717) is 25.7 Å². The summed E-state index contributed by atoms with van der Waals surface area (Å²) in [4.78, 5) is 35.7. The van der Waals surface area contributed by atoms with Crippen LogP contribution in [0.3, 0.4) is 0 Å². The van der Waals surface area contributed by atoms with Crippen LogP contribution in [0, 0.1) is 0 Å². The molecule has 1 rings (SSSR count). The van der Waals surface area contributed by atoms with Crippen molar-refractivity contribution in [3.05, 3.63) is 122 Å². The standard InChI is InChI=1S/C51H79O14P/c1-3-5-6-7-8-9-10-11-12-13-14-15-16-21-24-27-30-33-36-39-45(54)64-43(41-63-66(60,61)65-51-49(58)47(56)46(55)48(57)50(51)59)40-62-44(53)38-35-32-29-26-23-20-18-17-19-22-25-28-31-34-37-42(52)4-2/h5-6,8-9,11-12,14-15,18-22,24,26,28-29,31,34,37,42-43,46-52,55-59H,3-4,7,10,13,16-17,23,25,27,30,32-33,35-36,38-41H2,1-2H3,(H,60,61)/b6-5-,9-8-,12-11-,15-14-,20-18-,22-19-,24-21-,29-26-,31-28-,37-34+/t42-,43+,46?,47-,48+,49+,50+,51?/m0/s1. The lowest BCUT2D eigenvalue weighted by Crippen LogP contribution is -2.64. The fourth-order valence-corrected chi connectivity index (χ4v) is 7.04. The maximum absolute atomic E-state index is 12.8. The minimum atomic E-state index is -5.16. The summed E-state index contributed by atoms with van der Waals surface area (Å²) in [6.07, 6.45) is 39.1. The van der Waals surface area contributed by atoms with Gasteiger partial charge in [-0.3, -0.25) is 18.6 Å². The molecule has 0 saturated heterocycles. The highest BCUT2D eigenvalue weighted by Crippen LogP contribution is 2.47. The number of aliphatic hydroxyl groups excluding tert-OH is 6. The number of hydrogen-bond donors (Lipinski definition) is 7. The molecule has 14 nitrogen and oxygen atoms in total. The van der Waals surface area contributed by atoms with Gasteiger partial charge in [0.15, 0.2) is 6.10 Å². The lowest BCUT2D eigenvalue weighted by molar-refractivity contribution is -0.220. The molecule has 0 aromatic heterocycles. The quantitative estimate of drug-likeness (QED) is 0.0103. The van der Waals surface area contributed by atoms with Gasteiger partial charge in [-0.1, -0.05) is 142 Å². The number of ether oxygens (including phenoxy) is 2. The average molecular weight is 947 g/mol. The van der Waals surface area contributed by atoms with Gasteiger partial charge in [-0.2, -0.15) is 0 Å². The number of carbonyl (C=O) groups excluding carboxylic acids is 2. The smallest absolute Gasteiger partial charge is 0.462 e. The summed E-state index contributed by atoms with van der Waals surface area (Å²) >= 11 is 0. The van der Waals surface area contributed by atoms with Gasteiger partial charge in [-0.15, -0.1) is 0 Å². The van der Waals surface area contributed by atoms with Crippen molar-refractivity contribution in [3.8, 4) is 0 Å². The van der Waals surface area contributed by atoms with Gasteiger partial charge in [0.1, 0.15) is 43.2 Å². The summed E-state index contributed by atoms with van der Waals surface area (Å²) in [5.74, 6) is -1.24. The lowest BCUT2D eigenvalue weighted by atomic mass is 9.85. The average Bonchev–Trinajstić information content (AvgIpc) is 3.30. The number of phosphoric acid groups is 1. The Kier molecular flexibility index (Phi) is 35.8. The Labute approximate surface area is 393 Å². The van der Waals surface area contributed by atoms with Crippen LogP contribution in [-0.2, 0) is 32.7 Å². The fraction of sp³-hybridized carbons (Fsp3) is 0.569. The zero-order valence-electron chi connectivity index (χ0n) is 39.0. The molecule has 7 N–H and O–H groups in total. The van der Waals surface area contributed by atoms with Crippen LogP contribution in [-0.4, -0.2) is 110 Å². The second-order valence-corrected chi connectivity index (χ2v) is 17.1. The van der Waals surface area contributed by atoms with Gasteiger partial charge in [-0.25, -0.2) is 4.57 Å². The number of unbranched alkanes of at least 4 members (excludes halogenated alkanes) is 4. The number of rotatable bonds is 36. The number of hydrogen-bond acceptors (Lipinski definition) is 13. The van der Waals surface area contributed by atoms with Gasteiger partial charge in [0.25, 0.3) is 0 Å². The van der Waals surface area contributed by atoms with Crippen molar-refractivity contribution >= 4 is 19.8 Å². The van der Waals surface area contributed by atoms with E-state index in [1.165, 1.54) is 0 Å². The summed E-state index contributed by atoms with van der Waals surface area (Å²) in [5.41, 5.74) is 0. The van der Waals surface area contributed by atoms with Crippen LogP contribution < -0.4 is 0 Å². The van der Waals surface area contributed by atoms with E-state index in [2.05, 4.69) is 85.9 Å². The first-order valence-electron chi connectivity index (χ1n) is 23.4. The van der Waals surface area contributed by atoms with E-state index < -0.39 is 81.8 Å². The van der Waals surface area contributed by atoms with Crippen LogP contribution in [0.25, 0.3) is 0 Å². The Hall–Kier alpha value is -3.79. The minimum Gasteiger partial charge on any atom is -0.462 e. The van der Waals surface area contributed by atoms with E-state index in [1.807, 2.05) is 43.4 Å². The van der Waals surface area contributed by atoms with Crippen molar-refractivity contribution in [2.75, 3.05) is 13.2 Å². The molecule has 1 fully saturated rings. The van der Waals surface area contributed by atoms with Crippen molar-refractivity contribution < 1.29 is 68.2 Å². The molecule has 1 saturated carbocycles. The molecule has 0 spiro atoms. The van der Waals surface area contributed by atoms with Crippen LogP contribution in [0.2, 0.25) is 0 Å². The zero-order valence-corrected chi connectivity index (χ0v) is 39.9. The molecular formula is C51H79O14P. The highest BCUT2D eigenvalue weighted by atomic mass is 31.2. The Morgan fingerprint density at radius 3 is 1.52 bits per heavy atom. The van der Waals surface area contributed by atoms with Crippen molar-refractivity contribution in [3.63, 3.8) is 0 Å². The van der Waals surface area contributed by atoms with Gasteiger partial charge in [-0.05, 0) is 89.9 Å². The predicted octanol–water partition coefficient (Wildman–Crippen LogP) is 8.36. The van der Waals surface area contributed by atoms with E-state index in [9.17, 15) is 49.7 Å². The van der Waals surface area contributed by atoms with E-state index in [-0.39, 0.29) is 12.8 Å². The normalized spacial score (nSPS) is 22.9. The molecule has 1 aliphatic carbocycles. The summed E-state index contributed by atoms with van der Waals surface area (Å²) in [6.45, 7) is 2.76. The Bertz CT molecular complexity index is 1630. The van der Waals surface area contributed by atoms with E-state index in [0.717, 1.165) is 70.6 Å². The summed E-state index contributed by atoms with van der Waals surface area (Å²) in [6, 6.07) is 0. The first-order chi connectivity index (χ1) is 31.8. The van der Waals surface area contributed by atoms with Crippen LogP contribution in [0.5, 0.6) is 0 Å². The SMILES string of the molecule is CC/C=C\C/C=C\C/C=C\C/C=C\C/C=C\CCCCCC(=O)O[C@H](COC(=O)CCC/C=C\C/C=C\C/C=C\C/C=C\C=C\[C@@H](O)CC)COP(=O)(O)OC1[C@H](O)[C@H](O)C(O)[C@H](O)[C@H]1O. The Balaban J connectivity index is 2.54. The molecule has 9 atom stereocenters. The first kappa shape index (κ1) is 60.2. The van der Waals surface area contributed by atoms with Crippen LogP contribution in [0.4, 0.5) is 0 Å². The van der Waals surface area contributed by atoms with Gasteiger partial charge in [0.2, 0.25) is 0 Å². The maximum Gasteiger partial charge on any atom is 0.472 e. The number of carbonyl (C=O) groups is 2. The van der Waals surface area contributed by atoms with Gasteiger partial charge in [0, 0.05) is 12.8 Å². The zero-order chi connectivity index (χ0) is 48.7. The third kappa shape index (κ3) is 31.2. The molecular weight excluding hydrogens is 868 g/mol. The van der Waals surface area contributed by atoms with Crippen molar-refractivity contribution in [2.24, 2.45) is 0 Å². The number of phosphoric ester groups is 1. The van der Waals surface area contributed by atoms with Crippen LogP contribution in [0.15, 0.2) is 122 Å². The first-order valence-corrected chi connectivity index (χ1v) is 24.9. The summed E-state index contributed by atoms with van der Waals surface area (Å²) < 4.78 is 33.4. The van der Waals surface area contributed by atoms with Gasteiger partial charge < -0.3 is 45.0 Å². The molecule has 1 aliphatic rings. The highest BCUT2D eigenvalue weighted by molar-refractivity contribution is 7.47. The molecule has 0 aromatic rings. The Morgan fingerprint density at radius 2 is 1.00 bits per heavy atom. The molecule has 0 aliphatic heterocycles. The largest absolute Gasteiger partial charge is 0.472 e. The minimum absolute atomic E-state index is 0.0298. The Morgan fingerprint density at radius 1 is 0.545 bits per heavy atom. The van der Waals surface area contributed by atoms with E-state index in [4.69, 9.17) is 18.5 Å². The molecule has 15 heteroatoms. The molecule has 0 bridgehead atoms. The predicted molar refractivity (Wildman–Crippen MR) is 259 cm³/mol. The van der Waals surface area contributed by atoms with Crippen molar-refractivity contribution in [1.29, 1.82) is 0 Å². The lowest BCUT2D eigenvalue weighted by Gasteiger charge is -2.41. The van der Waals surface area contributed by atoms with Gasteiger partial charge in [0.05, 0.1) is 12.7 Å². The number of aliphatic hydroxyl groups is 6. The molecule has 372 valence electrons. The molecule has 0 heterocycles. The van der Waals surface area contributed by atoms with Crippen LogP contribution in [0.1, 0.15) is 123 Å². The molecule has 3 unspecified atom stereocenters. The molecule has 66 heavy (non-hydrogen) atoms. The number of allylic oxidation sites excluding steroid dienone is 19. The van der Waals surface area contributed by atoms with E-state index >= 15 is 0 Å². The molecule has 0 radical (unpaired) electrons. The second kappa shape index (κ2) is 39.2. The summed E-state index contributed by atoms with van der Waals surface area (Å²) in [5, 5.41) is 59.7. The van der Waals surface area contributed by atoms with Gasteiger partial charge >= 0.3 is 19.8 Å². The summed E-state index contributed by atoms with van der Waals surface area (Å²) in [7, 11) is -5.16. The number of esters is 2. The monoisotopic (exact) mass is 947 g/mol. The van der Waals surface area contributed by atoms with Crippen molar-refractivity contribution in [2.45, 2.75) is 172 Å². The second-order valence-electron chi connectivity index (χ2n) is 15.7. The third-order valence-electron chi connectivity index (χ3n) is 9.96. The van der Waals surface area contributed by atoms with E-state index in [1.54, 1.807) is 6.08 Å².